The van der Waals surface area contributed by atoms with E-state index in [4.69, 9.17) is 28.9 Å². The Bertz CT molecular complexity index is 2340. The molecule has 6 fully saturated rings. The lowest BCUT2D eigenvalue weighted by Crippen LogP contribution is -2.62. The summed E-state index contributed by atoms with van der Waals surface area (Å²) in [6.45, 7) is 7.04. The van der Waals surface area contributed by atoms with Crippen LogP contribution >= 0.6 is 0 Å². The zero-order valence-corrected chi connectivity index (χ0v) is 37.1. The first-order valence-corrected chi connectivity index (χ1v) is 23.0. The van der Waals surface area contributed by atoms with Crippen molar-refractivity contribution in [1.82, 2.24) is 30.4 Å². The van der Waals surface area contributed by atoms with Crippen LogP contribution in [0.3, 0.4) is 0 Å². The van der Waals surface area contributed by atoms with Crippen molar-refractivity contribution in [3.63, 3.8) is 0 Å². The molecule has 2 saturated carbocycles. The molecule has 4 saturated heterocycles. The molecule has 5 aliphatic heterocycles. The summed E-state index contributed by atoms with van der Waals surface area (Å²) >= 11 is 0. The first kappa shape index (κ1) is 42.4. The van der Waals surface area contributed by atoms with Gasteiger partial charge < -0.3 is 44.4 Å². The van der Waals surface area contributed by atoms with Crippen molar-refractivity contribution in [3.05, 3.63) is 72.3 Å². The molecule has 10 rings (SSSR count). The second-order valence-electron chi connectivity index (χ2n) is 19.7. The number of benzene rings is 2. The minimum atomic E-state index is -0.660. The van der Waals surface area contributed by atoms with Crippen molar-refractivity contribution < 1.29 is 38.1 Å². The number of rotatable bonds is 11. The number of amides is 4. The van der Waals surface area contributed by atoms with Crippen LogP contribution in [0.5, 0.6) is 0 Å². The number of methoxy groups -OCH3 is 2. The topological polar surface area (TPSA) is 177 Å². The van der Waals surface area contributed by atoms with E-state index < -0.39 is 24.3 Å². The molecule has 6 atom stereocenters. The highest BCUT2D eigenvalue weighted by Gasteiger charge is 2.56. The van der Waals surface area contributed by atoms with Crippen LogP contribution in [0, 0.1) is 22.7 Å². The van der Waals surface area contributed by atoms with Gasteiger partial charge in [0.15, 0.2) is 0 Å². The van der Waals surface area contributed by atoms with E-state index in [2.05, 4.69) is 78.0 Å². The van der Waals surface area contributed by atoms with Gasteiger partial charge in [-0.15, -0.1) is 0 Å². The van der Waals surface area contributed by atoms with Crippen molar-refractivity contribution in [1.29, 1.82) is 0 Å². The minimum Gasteiger partial charge on any atom is -0.453 e. The van der Waals surface area contributed by atoms with E-state index in [1.807, 2.05) is 22.2 Å². The molecule has 4 amide bonds. The lowest BCUT2D eigenvalue weighted by atomic mass is 9.58. The molecule has 1 aromatic heterocycles. The molecule has 3 N–H and O–H groups in total. The van der Waals surface area contributed by atoms with Gasteiger partial charge in [0.25, 0.3) is 0 Å². The molecule has 6 heterocycles. The first-order valence-electron chi connectivity index (χ1n) is 23.0. The zero-order chi connectivity index (χ0) is 44.3. The molecule has 7 aliphatic rings. The summed E-state index contributed by atoms with van der Waals surface area (Å²) in [5.74, 6) is 0.689. The predicted octanol–water partition coefficient (Wildman–Crippen LogP) is 6.66. The van der Waals surface area contributed by atoms with Gasteiger partial charge >= 0.3 is 12.2 Å². The number of carbonyl (C=O) groups is 4. The fraction of sp³-hybridized carbons (Fsp3) is 0.551. The van der Waals surface area contributed by atoms with Crippen LogP contribution in [0.1, 0.15) is 89.1 Å². The number of allylic oxidation sites excluding steroid dienone is 1. The van der Waals surface area contributed by atoms with Gasteiger partial charge in [0, 0.05) is 41.2 Å². The lowest BCUT2D eigenvalue weighted by molar-refractivity contribution is -0.186. The third kappa shape index (κ3) is 7.67. The molecule has 3 aromatic rings. The van der Waals surface area contributed by atoms with Gasteiger partial charge in [-0.3, -0.25) is 14.6 Å². The minimum absolute atomic E-state index is 0.000402. The second kappa shape index (κ2) is 16.8. The summed E-state index contributed by atoms with van der Waals surface area (Å²) in [5.41, 5.74) is 7.51. The third-order valence-electron chi connectivity index (χ3n) is 15.5. The SMILES string of the molecule is COC(=O)N[C@H](C(=O)N1[C@@H](C)CC[C@H]1C1=NC=C(c2ccc(-c3ccc(-c4cnc([C@@H]5CC[C@H](C)N5C(=O)[C@@H](NC(=O)OC)C5CC6(COC6)C5)[nH]4)cc3)cc2)C1)C1CC2(COC2)C1. The molecule has 2 aliphatic carbocycles. The monoisotopic (exact) mass is 873 g/mol. The van der Waals surface area contributed by atoms with E-state index >= 15 is 0 Å². The second-order valence-corrected chi connectivity index (χ2v) is 19.7. The van der Waals surface area contributed by atoms with E-state index in [-0.39, 0.29) is 58.6 Å². The predicted molar refractivity (Wildman–Crippen MR) is 238 cm³/mol. The molecule has 2 aromatic carbocycles. The molecule has 15 nitrogen and oxygen atoms in total. The van der Waals surface area contributed by atoms with Crippen LogP contribution in [-0.4, -0.2) is 120 Å². The van der Waals surface area contributed by atoms with Crippen LogP contribution < -0.4 is 10.6 Å². The molecule has 338 valence electrons. The maximum atomic E-state index is 14.3. The summed E-state index contributed by atoms with van der Waals surface area (Å²) in [7, 11) is 2.66. The number of ether oxygens (including phenoxy) is 4. The van der Waals surface area contributed by atoms with Gasteiger partial charge in [0.1, 0.15) is 17.9 Å². The Morgan fingerprint density at radius 3 is 1.64 bits per heavy atom. The van der Waals surface area contributed by atoms with Crippen LogP contribution in [0.2, 0.25) is 0 Å². The normalized spacial score (nSPS) is 27.3. The standard InChI is InChI=1S/C49H59N7O8/c1-28-5-15-39(55(28)44(57)41(53-46(59)61-3)35-18-48(19-35)24-63-25-48)37-17-34(22-50-37)32-9-7-30(8-10-32)31-11-13-33(14-12-31)38-23-51-43(52-38)40-16-6-29(2)56(40)45(58)42(54-47(60)62-4)36-20-49(21-36)26-64-27-49/h7-14,22-23,28-29,35-36,39-42H,5-6,15-21,24-27H2,1-4H3,(H,51,52)(H,53,59)(H,54,60)/t28-,29-,39-,40-,41-,42-/m0/s1. The van der Waals surface area contributed by atoms with Crippen LogP contribution in [0.4, 0.5) is 9.59 Å². The highest BCUT2D eigenvalue weighted by atomic mass is 16.5. The molecular formula is C49H59N7O8. The summed E-state index contributed by atoms with van der Waals surface area (Å²) in [6, 6.07) is 15.3. The summed E-state index contributed by atoms with van der Waals surface area (Å²) < 4.78 is 20.8. The smallest absolute Gasteiger partial charge is 0.407 e. The Morgan fingerprint density at radius 1 is 0.688 bits per heavy atom. The highest BCUT2D eigenvalue weighted by Crippen LogP contribution is 2.54. The molecule has 0 bridgehead atoms. The Morgan fingerprint density at radius 2 is 1.16 bits per heavy atom. The molecule has 0 unspecified atom stereocenters. The van der Waals surface area contributed by atoms with Crippen molar-refractivity contribution in [2.24, 2.45) is 27.7 Å². The van der Waals surface area contributed by atoms with Crippen LogP contribution in [0.25, 0.3) is 28.0 Å². The highest BCUT2D eigenvalue weighted by molar-refractivity contribution is 6.04. The number of likely N-dealkylation sites (tertiary alicyclic amines) is 2. The fourth-order valence-electron chi connectivity index (χ4n) is 11.8. The van der Waals surface area contributed by atoms with Gasteiger partial charge in [-0.2, -0.15) is 0 Å². The van der Waals surface area contributed by atoms with Gasteiger partial charge in [0.05, 0.1) is 64.6 Å². The Kier molecular flexibility index (Phi) is 11.1. The van der Waals surface area contributed by atoms with Crippen LogP contribution in [-0.2, 0) is 28.5 Å². The zero-order valence-electron chi connectivity index (χ0n) is 37.1. The Hall–Kier alpha value is -5.54. The number of aromatic nitrogens is 2. The molecular weight excluding hydrogens is 815 g/mol. The number of alkyl carbamates (subject to hydrolysis) is 2. The number of carbonyl (C=O) groups excluding carboxylic acids is 4. The Labute approximate surface area is 373 Å². The number of nitrogens with zero attached hydrogens (tertiary/aromatic N) is 4. The van der Waals surface area contributed by atoms with Gasteiger partial charge in [-0.25, -0.2) is 14.6 Å². The number of aliphatic imine (C=N–C) groups is 1. The van der Waals surface area contributed by atoms with E-state index in [1.165, 1.54) is 14.2 Å². The lowest BCUT2D eigenvalue weighted by Gasteiger charge is -2.55. The molecule has 64 heavy (non-hydrogen) atoms. The summed E-state index contributed by atoms with van der Waals surface area (Å²) in [6.07, 6.45) is 10.0. The van der Waals surface area contributed by atoms with Crippen molar-refractivity contribution in [3.8, 4) is 22.4 Å². The van der Waals surface area contributed by atoms with Gasteiger partial charge in [0.2, 0.25) is 11.8 Å². The van der Waals surface area contributed by atoms with Crippen molar-refractivity contribution in [2.45, 2.75) is 108 Å². The average molecular weight is 874 g/mol. The number of hydrogen-bond acceptors (Lipinski definition) is 10. The molecule has 0 radical (unpaired) electrons. The summed E-state index contributed by atoms with van der Waals surface area (Å²) in [4.78, 5) is 70.4. The Balaban J connectivity index is 0.770. The van der Waals surface area contributed by atoms with E-state index in [9.17, 15) is 19.2 Å². The van der Waals surface area contributed by atoms with Crippen LogP contribution in [0.15, 0.2) is 65.9 Å². The number of aromatic amines is 1. The maximum Gasteiger partial charge on any atom is 0.407 e. The number of hydrogen-bond donors (Lipinski definition) is 3. The third-order valence-corrected chi connectivity index (χ3v) is 15.5. The van der Waals surface area contributed by atoms with E-state index in [1.54, 1.807) is 0 Å². The fourth-order valence-corrected chi connectivity index (χ4v) is 11.8. The number of H-pyrrole nitrogens is 1. The number of imidazole rings is 1. The van der Waals surface area contributed by atoms with Crippen molar-refractivity contribution >= 4 is 35.3 Å². The quantitative estimate of drug-likeness (QED) is 0.190. The largest absolute Gasteiger partial charge is 0.453 e. The maximum absolute atomic E-state index is 14.3. The molecule has 2 spiro atoms. The van der Waals surface area contributed by atoms with Gasteiger partial charge in [-0.05, 0) is 105 Å². The van der Waals surface area contributed by atoms with E-state index in [0.29, 0.717) is 6.42 Å². The van der Waals surface area contributed by atoms with E-state index in [0.717, 1.165) is 123 Å². The van der Waals surface area contributed by atoms with Gasteiger partial charge in [-0.1, -0.05) is 48.5 Å². The average Bonchev–Trinajstić information content (AvgIpc) is 4.07. The first-order chi connectivity index (χ1) is 31.0. The van der Waals surface area contributed by atoms with Crippen molar-refractivity contribution in [2.75, 3.05) is 40.6 Å². The molecule has 15 heteroatoms. The summed E-state index contributed by atoms with van der Waals surface area (Å²) in [5, 5.41) is 5.76. The number of nitrogens with one attached hydrogen (secondary N) is 3.